The van der Waals surface area contributed by atoms with Crippen LogP contribution in [0.25, 0.3) is 0 Å². The highest BCUT2D eigenvalue weighted by Crippen LogP contribution is 2.23. The third-order valence-electron chi connectivity index (χ3n) is 3.56. The number of nitrogens with one attached hydrogen (secondary N) is 1. The molecule has 0 fully saturated rings. The van der Waals surface area contributed by atoms with Gasteiger partial charge in [0.1, 0.15) is 5.75 Å². The Morgan fingerprint density at radius 2 is 1.82 bits per heavy atom. The first-order valence-electron chi connectivity index (χ1n) is 7.58. The van der Waals surface area contributed by atoms with Gasteiger partial charge < -0.3 is 10.1 Å². The summed E-state index contributed by atoms with van der Waals surface area (Å²) in [5.74, 6) is 0.891. The monoisotopic (exact) mass is 297 g/mol. The topological polar surface area (TPSA) is 38.3 Å². The average Bonchev–Trinajstić information content (AvgIpc) is 2.50. The van der Waals surface area contributed by atoms with E-state index in [0.717, 1.165) is 16.8 Å². The molecule has 0 aliphatic carbocycles. The van der Waals surface area contributed by atoms with E-state index in [2.05, 4.69) is 19.2 Å². The lowest BCUT2D eigenvalue weighted by molar-refractivity contribution is 0.102. The first-order chi connectivity index (χ1) is 10.5. The lowest BCUT2D eigenvalue weighted by Crippen LogP contribution is -2.15. The molecular weight excluding hydrogens is 274 g/mol. The van der Waals surface area contributed by atoms with Gasteiger partial charge in [0, 0.05) is 5.69 Å². The summed E-state index contributed by atoms with van der Waals surface area (Å²) in [7, 11) is 0. The van der Waals surface area contributed by atoms with Crippen LogP contribution in [-0.4, -0.2) is 12.5 Å². The van der Waals surface area contributed by atoms with E-state index in [0.29, 0.717) is 23.8 Å². The van der Waals surface area contributed by atoms with Crippen LogP contribution in [0.5, 0.6) is 5.75 Å². The van der Waals surface area contributed by atoms with Gasteiger partial charge in [-0.25, -0.2) is 0 Å². The third-order valence-corrected chi connectivity index (χ3v) is 3.56. The minimum absolute atomic E-state index is 0.145. The van der Waals surface area contributed by atoms with Gasteiger partial charge in [-0.05, 0) is 49.1 Å². The number of hydrogen-bond donors (Lipinski definition) is 1. The number of benzene rings is 2. The molecule has 22 heavy (non-hydrogen) atoms. The summed E-state index contributed by atoms with van der Waals surface area (Å²) >= 11 is 0. The van der Waals surface area contributed by atoms with Crippen molar-refractivity contribution < 1.29 is 9.53 Å². The Kier molecular flexibility index (Phi) is 5.21. The summed E-state index contributed by atoms with van der Waals surface area (Å²) in [6, 6.07) is 13.2. The van der Waals surface area contributed by atoms with E-state index in [4.69, 9.17) is 4.74 Å². The number of amides is 1. The number of anilines is 1. The SMILES string of the molecule is Cc1cccc(NC(=O)c2ccccc2OCC(C)C)c1C. The minimum Gasteiger partial charge on any atom is -0.492 e. The number of aryl methyl sites for hydroxylation is 1. The van der Waals surface area contributed by atoms with Gasteiger partial charge in [-0.2, -0.15) is 0 Å². The van der Waals surface area contributed by atoms with Crippen molar-refractivity contribution in [1.82, 2.24) is 0 Å². The fourth-order valence-electron chi connectivity index (χ4n) is 2.11. The normalized spacial score (nSPS) is 10.6. The third kappa shape index (κ3) is 3.88. The zero-order valence-electron chi connectivity index (χ0n) is 13.6. The molecule has 2 aromatic carbocycles. The molecule has 1 N–H and O–H groups in total. The Morgan fingerprint density at radius 3 is 2.55 bits per heavy atom. The van der Waals surface area contributed by atoms with E-state index in [1.165, 1.54) is 0 Å². The summed E-state index contributed by atoms with van der Waals surface area (Å²) in [5, 5.41) is 2.98. The summed E-state index contributed by atoms with van der Waals surface area (Å²) in [5.41, 5.74) is 3.63. The number of para-hydroxylation sites is 1. The van der Waals surface area contributed by atoms with E-state index in [1.54, 1.807) is 6.07 Å². The van der Waals surface area contributed by atoms with Crippen molar-refractivity contribution in [3.63, 3.8) is 0 Å². The Balaban J connectivity index is 2.21. The van der Waals surface area contributed by atoms with Gasteiger partial charge >= 0.3 is 0 Å². The molecule has 0 bridgehead atoms. The average molecular weight is 297 g/mol. The van der Waals surface area contributed by atoms with Crippen LogP contribution in [0.4, 0.5) is 5.69 Å². The second-order valence-corrected chi connectivity index (χ2v) is 5.90. The summed E-state index contributed by atoms with van der Waals surface area (Å²) in [6.45, 7) is 8.79. The van der Waals surface area contributed by atoms with Crippen LogP contribution in [0, 0.1) is 19.8 Å². The van der Waals surface area contributed by atoms with Crippen molar-refractivity contribution in [2.75, 3.05) is 11.9 Å². The second kappa shape index (κ2) is 7.12. The van der Waals surface area contributed by atoms with Crippen molar-refractivity contribution >= 4 is 11.6 Å². The number of carbonyl (C=O) groups excluding carboxylic acids is 1. The molecule has 0 atom stereocenters. The number of ether oxygens (including phenoxy) is 1. The molecule has 3 heteroatoms. The fourth-order valence-corrected chi connectivity index (χ4v) is 2.11. The van der Waals surface area contributed by atoms with Gasteiger partial charge in [0.05, 0.1) is 12.2 Å². The Morgan fingerprint density at radius 1 is 1.09 bits per heavy atom. The van der Waals surface area contributed by atoms with Gasteiger partial charge in [-0.15, -0.1) is 0 Å². The van der Waals surface area contributed by atoms with E-state index in [9.17, 15) is 4.79 Å². The lowest BCUT2D eigenvalue weighted by Gasteiger charge is -2.14. The molecular formula is C19H23NO2. The van der Waals surface area contributed by atoms with Crippen molar-refractivity contribution in [2.45, 2.75) is 27.7 Å². The van der Waals surface area contributed by atoms with Crippen LogP contribution in [0.3, 0.4) is 0 Å². The molecule has 2 rings (SSSR count). The van der Waals surface area contributed by atoms with Crippen molar-refractivity contribution in [3.8, 4) is 5.75 Å². The molecule has 0 spiro atoms. The van der Waals surface area contributed by atoms with E-state index in [-0.39, 0.29) is 5.91 Å². The number of hydrogen-bond acceptors (Lipinski definition) is 2. The predicted octanol–water partition coefficient (Wildman–Crippen LogP) is 4.59. The summed E-state index contributed by atoms with van der Waals surface area (Å²) < 4.78 is 5.75. The van der Waals surface area contributed by atoms with Crippen LogP contribution in [0.2, 0.25) is 0 Å². The van der Waals surface area contributed by atoms with E-state index < -0.39 is 0 Å². The molecule has 3 nitrogen and oxygen atoms in total. The fraction of sp³-hybridized carbons (Fsp3) is 0.316. The van der Waals surface area contributed by atoms with Crippen LogP contribution in [0.1, 0.15) is 35.3 Å². The quantitative estimate of drug-likeness (QED) is 0.876. The maximum absolute atomic E-state index is 12.6. The zero-order valence-corrected chi connectivity index (χ0v) is 13.6. The van der Waals surface area contributed by atoms with Gasteiger partial charge in [-0.3, -0.25) is 4.79 Å². The van der Waals surface area contributed by atoms with Crippen molar-refractivity contribution in [3.05, 3.63) is 59.2 Å². The van der Waals surface area contributed by atoms with Gasteiger partial charge in [-0.1, -0.05) is 38.1 Å². The highest BCUT2D eigenvalue weighted by Gasteiger charge is 2.14. The first-order valence-corrected chi connectivity index (χ1v) is 7.58. The molecule has 0 unspecified atom stereocenters. The van der Waals surface area contributed by atoms with Crippen LogP contribution < -0.4 is 10.1 Å². The van der Waals surface area contributed by atoms with E-state index >= 15 is 0 Å². The standard InChI is InChI=1S/C19H23NO2/c1-13(2)12-22-18-11-6-5-9-16(18)19(21)20-17-10-7-8-14(3)15(17)4/h5-11,13H,12H2,1-4H3,(H,20,21). The number of rotatable bonds is 5. The maximum atomic E-state index is 12.6. The van der Waals surface area contributed by atoms with E-state index in [1.807, 2.05) is 50.2 Å². The van der Waals surface area contributed by atoms with Crippen LogP contribution in [-0.2, 0) is 0 Å². The molecule has 0 aliphatic rings. The smallest absolute Gasteiger partial charge is 0.259 e. The molecule has 0 radical (unpaired) electrons. The predicted molar refractivity (Wildman–Crippen MR) is 90.6 cm³/mol. The molecule has 0 saturated carbocycles. The first kappa shape index (κ1) is 16.1. The Labute approximate surface area is 132 Å². The summed E-state index contributed by atoms with van der Waals surface area (Å²) in [4.78, 5) is 12.6. The van der Waals surface area contributed by atoms with Crippen molar-refractivity contribution in [1.29, 1.82) is 0 Å². The summed E-state index contributed by atoms with van der Waals surface area (Å²) in [6.07, 6.45) is 0. The van der Waals surface area contributed by atoms with Gasteiger partial charge in [0.25, 0.3) is 5.91 Å². The molecule has 0 heterocycles. The lowest BCUT2D eigenvalue weighted by atomic mass is 10.1. The minimum atomic E-state index is -0.145. The highest BCUT2D eigenvalue weighted by atomic mass is 16.5. The molecule has 2 aromatic rings. The Hall–Kier alpha value is -2.29. The van der Waals surface area contributed by atoms with Gasteiger partial charge in [0.15, 0.2) is 0 Å². The molecule has 0 aliphatic heterocycles. The molecule has 0 saturated heterocycles. The zero-order chi connectivity index (χ0) is 16.1. The van der Waals surface area contributed by atoms with Crippen LogP contribution >= 0.6 is 0 Å². The molecule has 116 valence electrons. The second-order valence-electron chi connectivity index (χ2n) is 5.90. The van der Waals surface area contributed by atoms with Gasteiger partial charge in [0.2, 0.25) is 0 Å². The Bertz CT molecular complexity index is 662. The highest BCUT2D eigenvalue weighted by molar-refractivity contribution is 6.06. The largest absolute Gasteiger partial charge is 0.492 e. The van der Waals surface area contributed by atoms with Crippen LogP contribution in [0.15, 0.2) is 42.5 Å². The maximum Gasteiger partial charge on any atom is 0.259 e. The molecule has 0 aromatic heterocycles. The van der Waals surface area contributed by atoms with Crippen molar-refractivity contribution in [2.24, 2.45) is 5.92 Å². The molecule has 1 amide bonds. The number of carbonyl (C=O) groups is 1.